The van der Waals surface area contributed by atoms with E-state index in [1.165, 1.54) is 5.56 Å². The quantitative estimate of drug-likeness (QED) is 0.505. The molecular weight excluding hydrogens is 118 g/mol. The molecule has 1 heterocycles. The van der Waals surface area contributed by atoms with Crippen LogP contribution in [0.4, 0.5) is 0 Å². The van der Waals surface area contributed by atoms with Gasteiger partial charge in [0, 0.05) is 24.3 Å². The normalized spacial score (nSPS) is 9.88. The van der Waals surface area contributed by atoms with Crippen LogP contribution in [0.2, 0.25) is 0 Å². The Labute approximate surface area is 54.7 Å². The summed E-state index contributed by atoms with van der Waals surface area (Å²) in [4.78, 5) is 1.06. The molecule has 0 aliphatic heterocycles. The second-order valence-corrected chi connectivity index (χ2v) is 2.47. The topological polar surface area (TPSA) is 4.93 Å². The van der Waals surface area contributed by atoms with Crippen LogP contribution in [0.25, 0.3) is 0 Å². The first-order chi connectivity index (χ1) is 3.70. The summed E-state index contributed by atoms with van der Waals surface area (Å²) in [6.07, 6.45) is 4.03. The van der Waals surface area contributed by atoms with E-state index in [4.69, 9.17) is 0 Å². The average Bonchev–Trinajstić information content (AvgIpc) is 1.85. The number of aryl methyl sites for hydroxylation is 2. The van der Waals surface area contributed by atoms with E-state index in [0.717, 1.165) is 4.90 Å². The smallest absolute Gasteiger partial charge is 0.0247 e. The summed E-state index contributed by atoms with van der Waals surface area (Å²) in [5.74, 6) is 0. The highest BCUT2D eigenvalue weighted by Gasteiger charge is 1.91. The van der Waals surface area contributed by atoms with Gasteiger partial charge in [0.2, 0.25) is 0 Å². The molecule has 0 aliphatic carbocycles. The number of hydrogen-bond donors (Lipinski definition) is 1. The van der Waals surface area contributed by atoms with Crippen molar-refractivity contribution in [1.29, 1.82) is 0 Å². The number of rotatable bonds is 0. The summed E-state index contributed by atoms with van der Waals surface area (Å²) < 4.78 is 2.00. The molecule has 2 heteroatoms. The van der Waals surface area contributed by atoms with E-state index in [9.17, 15) is 0 Å². The third-order valence-corrected chi connectivity index (χ3v) is 1.60. The minimum Gasteiger partial charge on any atom is -0.356 e. The van der Waals surface area contributed by atoms with Gasteiger partial charge in [-0.25, -0.2) is 0 Å². The van der Waals surface area contributed by atoms with E-state index in [1.807, 2.05) is 30.9 Å². The molecule has 1 nitrogen and oxygen atoms in total. The highest BCUT2D eigenvalue weighted by atomic mass is 32.1. The molecule has 1 rings (SSSR count). The SMILES string of the molecule is Cc1cn(C)cc1S. The number of nitrogens with zero attached hydrogens (tertiary/aromatic N) is 1. The summed E-state index contributed by atoms with van der Waals surface area (Å²) in [5, 5.41) is 0. The Kier molecular flexibility index (Phi) is 1.34. The lowest BCUT2D eigenvalue weighted by Crippen LogP contribution is -1.76. The lowest BCUT2D eigenvalue weighted by Gasteiger charge is -1.80. The monoisotopic (exact) mass is 127 g/mol. The second-order valence-electron chi connectivity index (χ2n) is 1.99. The van der Waals surface area contributed by atoms with Crippen molar-refractivity contribution in [3.63, 3.8) is 0 Å². The largest absolute Gasteiger partial charge is 0.356 e. The van der Waals surface area contributed by atoms with E-state index >= 15 is 0 Å². The molecule has 0 unspecified atom stereocenters. The summed E-state index contributed by atoms with van der Waals surface area (Å²) in [6, 6.07) is 0. The fourth-order valence-electron chi connectivity index (χ4n) is 0.704. The first kappa shape index (κ1) is 5.76. The molecule has 0 saturated heterocycles. The van der Waals surface area contributed by atoms with Crippen molar-refractivity contribution < 1.29 is 0 Å². The van der Waals surface area contributed by atoms with E-state index in [0.29, 0.717) is 0 Å². The van der Waals surface area contributed by atoms with Crippen molar-refractivity contribution >= 4 is 12.6 Å². The van der Waals surface area contributed by atoms with Crippen LogP contribution in [0.1, 0.15) is 5.56 Å². The van der Waals surface area contributed by atoms with Gasteiger partial charge in [-0.05, 0) is 12.5 Å². The van der Waals surface area contributed by atoms with Gasteiger partial charge in [0.1, 0.15) is 0 Å². The maximum Gasteiger partial charge on any atom is 0.0247 e. The zero-order chi connectivity index (χ0) is 6.15. The minimum atomic E-state index is 1.06. The Bertz CT molecular complexity index is 171. The Hall–Kier alpha value is -0.370. The fourth-order valence-corrected chi connectivity index (χ4v) is 0.943. The summed E-state index contributed by atoms with van der Waals surface area (Å²) in [5.41, 5.74) is 1.23. The molecule has 0 fully saturated rings. The first-order valence-electron chi connectivity index (χ1n) is 2.51. The lowest BCUT2D eigenvalue weighted by molar-refractivity contribution is 0.919. The molecule has 0 bridgehead atoms. The molecule has 0 saturated carbocycles. The third kappa shape index (κ3) is 0.892. The Morgan fingerprint density at radius 3 is 2.25 bits per heavy atom. The van der Waals surface area contributed by atoms with Gasteiger partial charge in [-0.1, -0.05) is 0 Å². The van der Waals surface area contributed by atoms with Gasteiger partial charge in [-0.15, -0.1) is 12.6 Å². The van der Waals surface area contributed by atoms with Gasteiger partial charge in [0.25, 0.3) is 0 Å². The van der Waals surface area contributed by atoms with Crippen LogP contribution in [0, 0.1) is 6.92 Å². The number of thiol groups is 1. The van der Waals surface area contributed by atoms with E-state index in [2.05, 4.69) is 12.6 Å². The molecule has 0 radical (unpaired) electrons. The third-order valence-electron chi connectivity index (χ3n) is 1.13. The standard InChI is InChI=1S/C6H9NS/c1-5-3-7(2)4-6(5)8/h3-4,8H,1-2H3. The van der Waals surface area contributed by atoms with Gasteiger partial charge < -0.3 is 4.57 Å². The van der Waals surface area contributed by atoms with Crippen LogP contribution < -0.4 is 0 Å². The molecule has 0 aromatic carbocycles. The molecule has 1 aromatic rings. The summed E-state index contributed by atoms with van der Waals surface area (Å²) in [6.45, 7) is 2.04. The van der Waals surface area contributed by atoms with Crippen LogP contribution in [-0.4, -0.2) is 4.57 Å². The van der Waals surface area contributed by atoms with Crippen molar-refractivity contribution in [2.75, 3.05) is 0 Å². The molecule has 0 atom stereocenters. The second kappa shape index (κ2) is 1.86. The van der Waals surface area contributed by atoms with Crippen LogP contribution in [0.15, 0.2) is 17.3 Å². The Balaban J connectivity index is 3.14. The molecule has 44 valence electrons. The highest BCUT2D eigenvalue weighted by Crippen LogP contribution is 2.11. The van der Waals surface area contributed by atoms with Gasteiger partial charge >= 0.3 is 0 Å². The maximum atomic E-state index is 4.20. The molecule has 8 heavy (non-hydrogen) atoms. The predicted octanol–water partition coefficient (Wildman–Crippen LogP) is 1.62. The van der Waals surface area contributed by atoms with Crippen molar-refractivity contribution in [1.82, 2.24) is 4.57 Å². The van der Waals surface area contributed by atoms with Gasteiger partial charge in [-0.2, -0.15) is 0 Å². The molecule has 0 aliphatic rings. The lowest BCUT2D eigenvalue weighted by atomic mass is 10.4. The molecule has 0 amide bonds. The van der Waals surface area contributed by atoms with Crippen LogP contribution in [0.5, 0.6) is 0 Å². The van der Waals surface area contributed by atoms with Crippen LogP contribution in [-0.2, 0) is 7.05 Å². The molecule has 0 spiro atoms. The summed E-state index contributed by atoms with van der Waals surface area (Å²) in [7, 11) is 1.99. The van der Waals surface area contributed by atoms with Crippen molar-refractivity contribution in [3.8, 4) is 0 Å². The van der Waals surface area contributed by atoms with Crippen LogP contribution >= 0.6 is 12.6 Å². The van der Waals surface area contributed by atoms with Crippen molar-refractivity contribution in [2.45, 2.75) is 11.8 Å². The van der Waals surface area contributed by atoms with Crippen molar-refractivity contribution in [2.24, 2.45) is 7.05 Å². The van der Waals surface area contributed by atoms with Crippen molar-refractivity contribution in [3.05, 3.63) is 18.0 Å². The molecule has 0 N–H and O–H groups in total. The summed E-state index contributed by atoms with van der Waals surface area (Å²) >= 11 is 4.20. The number of hydrogen-bond acceptors (Lipinski definition) is 1. The maximum absolute atomic E-state index is 4.20. The zero-order valence-electron chi connectivity index (χ0n) is 5.05. The Morgan fingerprint density at radius 2 is 2.12 bits per heavy atom. The van der Waals surface area contributed by atoms with E-state index in [-0.39, 0.29) is 0 Å². The van der Waals surface area contributed by atoms with E-state index in [1.54, 1.807) is 0 Å². The van der Waals surface area contributed by atoms with E-state index < -0.39 is 0 Å². The minimum absolute atomic E-state index is 1.06. The zero-order valence-corrected chi connectivity index (χ0v) is 5.94. The number of aromatic nitrogens is 1. The highest BCUT2D eigenvalue weighted by molar-refractivity contribution is 7.80. The molecular formula is C6H9NS. The Morgan fingerprint density at radius 1 is 1.50 bits per heavy atom. The first-order valence-corrected chi connectivity index (χ1v) is 2.96. The fraction of sp³-hybridized carbons (Fsp3) is 0.333. The molecule has 1 aromatic heterocycles. The van der Waals surface area contributed by atoms with Crippen LogP contribution in [0.3, 0.4) is 0 Å². The van der Waals surface area contributed by atoms with Gasteiger partial charge in [0.05, 0.1) is 0 Å². The average molecular weight is 127 g/mol. The predicted molar refractivity (Wildman–Crippen MR) is 37.4 cm³/mol. The van der Waals surface area contributed by atoms with Gasteiger partial charge in [0.15, 0.2) is 0 Å². The van der Waals surface area contributed by atoms with Gasteiger partial charge in [-0.3, -0.25) is 0 Å².